The van der Waals surface area contributed by atoms with Crippen molar-refractivity contribution in [2.45, 2.75) is 5.25 Å². The molecule has 0 saturated heterocycles. The van der Waals surface area contributed by atoms with Crippen molar-refractivity contribution in [1.82, 2.24) is 0 Å². The molecule has 0 aromatic heterocycles. The molecule has 20 heavy (non-hydrogen) atoms. The fraction of sp³-hybridized carbons (Fsp3) is 0.0625. The Kier molecular flexibility index (Phi) is 3.56. The molecular weight excluding hydrogens is 271 g/mol. The van der Waals surface area contributed by atoms with Crippen molar-refractivity contribution < 1.29 is 4.39 Å². The number of hydrogen-bond acceptors (Lipinski definition) is 3. The van der Waals surface area contributed by atoms with Gasteiger partial charge in [-0.05, 0) is 29.3 Å². The van der Waals surface area contributed by atoms with Crippen molar-refractivity contribution in [2.24, 2.45) is 10.7 Å². The van der Waals surface area contributed by atoms with Gasteiger partial charge < -0.3 is 5.73 Å². The highest BCUT2D eigenvalue weighted by atomic mass is 32.2. The molecule has 2 N–H and O–H groups in total. The van der Waals surface area contributed by atoms with Gasteiger partial charge in [0.25, 0.3) is 0 Å². The van der Waals surface area contributed by atoms with Crippen molar-refractivity contribution in [3.05, 3.63) is 77.6 Å². The minimum Gasteiger partial charge on any atom is -0.378 e. The summed E-state index contributed by atoms with van der Waals surface area (Å²) >= 11 is 1.47. The Morgan fingerprint density at radius 2 is 1.70 bits per heavy atom. The number of aliphatic imine (C=N–C) groups is 1. The van der Waals surface area contributed by atoms with E-state index in [0.29, 0.717) is 5.17 Å². The van der Waals surface area contributed by atoms with Crippen LogP contribution in [0.4, 0.5) is 4.39 Å². The molecule has 0 fully saturated rings. The summed E-state index contributed by atoms with van der Waals surface area (Å²) in [6, 6.07) is 16.4. The molecule has 0 amide bonds. The largest absolute Gasteiger partial charge is 0.378 e. The van der Waals surface area contributed by atoms with Gasteiger partial charge in [0, 0.05) is 0 Å². The third-order valence-electron chi connectivity index (χ3n) is 3.06. The summed E-state index contributed by atoms with van der Waals surface area (Å²) in [5.41, 5.74) is 8.82. The average Bonchev–Trinajstić information content (AvgIpc) is 2.48. The molecule has 0 saturated carbocycles. The van der Waals surface area contributed by atoms with E-state index in [9.17, 15) is 4.39 Å². The molecule has 3 rings (SSSR count). The molecule has 2 aromatic rings. The maximum atomic E-state index is 13.0. The van der Waals surface area contributed by atoms with Gasteiger partial charge in [0.2, 0.25) is 0 Å². The van der Waals surface area contributed by atoms with E-state index in [1.165, 1.54) is 23.9 Å². The second-order valence-corrected chi connectivity index (χ2v) is 5.62. The number of nitrogens with two attached hydrogens (primary N) is 1. The van der Waals surface area contributed by atoms with Crippen LogP contribution < -0.4 is 5.73 Å². The van der Waals surface area contributed by atoms with Gasteiger partial charge in [0.15, 0.2) is 5.17 Å². The van der Waals surface area contributed by atoms with Crippen LogP contribution in [0.1, 0.15) is 16.4 Å². The minimum absolute atomic E-state index is 0.0586. The van der Waals surface area contributed by atoms with Gasteiger partial charge in [0.1, 0.15) is 5.82 Å². The second-order valence-electron chi connectivity index (χ2n) is 4.46. The van der Waals surface area contributed by atoms with Gasteiger partial charge in [-0.1, -0.05) is 54.2 Å². The lowest BCUT2D eigenvalue weighted by atomic mass is 10.1. The highest BCUT2D eigenvalue weighted by molar-refractivity contribution is 8.14. The summed E-state index contributed by atoms with van der Waals surface area (Å²) in [7, 11) is 0. The lowest BCUT2D eigenvalue weighted by Gasteiger charge is -2.19. The van der Waals surface area contributed by atoms with Crippen LogP contribution in [0.5, 0.6) is 0 Å². The third kappa shape index (κ3) is 2.75. The van der Waals surface area contributed by atoms with E-state index in [1.807, 2.05) is 30.3 Å². The van der Waals surface area contributed by atoms with Gasteiger partial charge in [0.05, 0.1) is 10.9 Å². The molecule has 1 atom stereocenters. The monoisotopic (exact) mass is 284 g/mol. The highest BCUT2D eigenvalue weighted by Crippen LogP contribution is 2.37. The molecule has 0 radical (unpaired) electrons. The van der Waals surface area contributed by atoms with Crippen molar-refractivity contribution in [2.75, 3.05) is 0 Å². The van der Waals surface area contributed by atoms with Gasteiger partial charge in [-0.3, -0.25) is 0 Å². The summed E-state index contributed by atoms with van der Waals surface area (Å²) in [5.74, 6) is -0.233. The molecule has 100 valence electrons. The number of nitrogens with zero attached hydrogens (tertiary/aromatic N) is 1. The standard InChI is InChI=1S/C16H13FN2S/c17-13-8-6-12(7-9-13)15-10-14(19-16(18)20-15)11-4-2-1-3-5-11/h1-10,15H,(H2,18,19). The Bertz CT molecular complexity index is 663. The maximum absolute atomic E-state index is 13.0. The molecule has 0 aliphatic carbocycles. The Hall–Kier alpha value is -2.07. The van der Waals surface area contributed by atoms with Crippen LogP contribution in [0.3, 0.4) is 0 Å². The summed E-state index contributed by atoms with van der Waals surface area (Å²) in [5, 5.41) is 0.587. The van der Waals surface area contributed by atoms with Crippen molar-refractivity contribution in [3.63, 3.8) is 0 Å². The molecule has 2 nitrogen and oxygen atoms in total. The van der Waals surface area contributed by atoms with E-state index in [4.69, 9.17) is 5.73 Å². The zero-order chi connectivity index (χ0) is 13.9. The van der Waals surface area contributed by atoms with E-state index >= 15 is 0 Å². The smallest absolute Gasteiger partial charge is 0.160 e. The summed E-state index contributed by atoms with van der Waals surface area (Å²) < 4.78 is 13.0. The summed E-state index contributed by atoms with van der Waals surface area (Å²) in [6.45, 7) is 0. The lowest BCUT2D eigenvalue weighted by molar-refractivity contribution is 0.627. The fourth-order valence-electron chi connectivity index (χ4n) is 2.08. The molecule has 1 aliphatic rings. The molecular formula is C16H13FN2S. The van der Waals surface area contributed by atoms with Crippen LogP contribution >= 0.6 is 11.8 Å². The fourth-order valence-corrected chi connectivity index (χ4v) is 2.98. The lowest BCUT2D eigenvalue weighted by Crippen LogP contribution is -2.12. The van der Waals surface area contributed by atoms with Gasteiger partial charge in [-0.25, -0.2) is 9.38 Å². The Morgan fingerprint density at radius 1 is 1.00 bits per heavy atom. The van der Waals surface area contributed by atoms with Crippen LogP contribution in [-0.2, 0) is 0 Å². The predicted octanol–water partition coefficient (Wildman–Crippen LogP) is 3.97. The van der Waals surface area contributed by atoms with E-state index in [0.717, 1.165) is 16.8 Å². The van der Waals surface area contributed by atoms with E-state index < -0.39 is 0 Å². The predicted molar refractivity (Wildman–Crippen MR) is 82.8 cm³/mol. The van der Waals surface area contributed by atoms with Crippen LogP contribution in [0.2, 0.25) is 0 Å². The molecule has 4 heteroatoms. The first-order chi connectivity index (χ1) is 9.72. The summed E-state index contributed by atoms with van der Waals surface area (Å²) in [4.78, 5) is 4.39. The normalized spacial score (nSPS) is 18.4. The van der Waals surface area contributed by atoms with Crippen LogP contribution in [0, 0.1) is 5.82 Å². The number of rotatable bonds is 2. The highest BCUT2D eigenvalue weighted by Gasteiger charge is 2.18. The molecule has 1 heterocycles. The first-order valence-electron chi connectivity index (χ1n) is 6.26. The topological polar surface area (TPSA) is 38.4 Å². The number of amidine groups is 1. The Labute approximate surface area is 121 Å². The second kappa shape index (κ2) is 5.51. The molecule has 1 aliphatic heterocycles. The van der Waals surface area contributed by atoms with E-state index in [-0.39, 0.29) is 11.1 Å². The Balaban J connectivity index is 1.96. The van der Waals surface area contributed by atoms with E-state index in [1.54, 1.807) is 12.1 Å². The first-order valence-corrected chi connectivity index (χ1v) is 7.14. The SMILES string of the molecule is NC1=NC(c2ccccc2)=CC(c2ccc(F)cc2)S1. The number of halogens is 1. The maximum Gasteiger partial charge on any atom is 0.160 e. The Morgan fingerprint density at radius 3 is 2.40 bits per heavy atom. The molecule has 2 aromatic carbocycles. The quantitative estimate of drug-likeness (QED) is 0.906. The van der Waals surface area contributed by atoms with Crippen molar-refractivity contribution >= 4 is 22.6 Å². The zero-order valence-electron chi connectivity index (χ0n) is 10.7. The molecule has 0 bridgehead atoms. The van der Waals surface area contributed by atoms with Gasteiger partial charge in [-0.2, -0.15) is 0 Å². The van der Waals surface area contributed by atoms with Gasteiger partial charge >= 0.3 is 0 Å². The van der Waals surface area contributed by atoms with Crippen LogP contribution in [-0.4, -0.2) is 5.17 Å². The number of thioether (sulfide) groups is 1. The van der Waals surface area contributed by atoms with Crippen LogP contribution in [0.25, 0.3) is 5.70 Å². The summed E-state index contributed by atoms with van der Waals surface area (Å²) in [6.07, 6.45) is 2.06. The number of hydrogen-bond donors (Lipinski definition) is 1. The average molecular weight is 284 g/mol. The molecule has 0 spiro atoms. The first kappa shape index (κ1) is 12.9. The molecule has 1 unspecified atom stereocenters. The minimum atomic E-state index is -0.233. The van der Waals surface area contributed by atoms with Crippen LogP contribution in [0.15, 0.2) is 65.7 Å². The van der Waals surface area contributed by atoms with E-state index in [2.05, 4.69) is 11.1 Å². The number of benzene rings is 2. The van der Waals surface area contributed by atoms with Gasteiger partial charge in [-0.15, -0.1) is 0 Å². The zero-order valence-corrected chi connectivity index (χ0v) is 11.5. The third-order valence-corrected chi connectivity index (χ3v) is 4.05. The van der Waals surface area contributed by atoms with Crippen molar-refractivity contribution in [3.8, 4) is 0 Å². The van der Waals surface area contributed by atoms with Crippen molar-refractivity contribution in [1.29, 1.82) is 0 Å².